The van der Waals surface area contributed by atoms with E-state index in [-0.39, 0.29) is 18.6 Å². The average Bonchev–Trinajstić information content (AvgIpc) is 2.76. The summed E-state index contributed by atoms with van der Waals surface area (Å²) in [4.78, 5) is 16.6. The lowest BCUT2D eigenvalue weighted by molar-refractivity contribution is 0.0938. The van der Waals surface area contributed by atoms with E-state index in [2.05, 4.69) is 15.5 Å². The van der Waals surface area contributed by atoms with Crippen molar-refractivity contribution in [3.05, 3.63) is 23.0 Å². The Labute approximate surface area is 117 Å². The maximum Gasteiger partial charge on any atom is 0.258 e. The number of hydrogen-bond acceptors (Lipinski definition) is 5. The van der Waals surface area contributed by atoms with Gasteiger partial charge in [-0.2, -0.15) is 0 Å². The van der Waals surface area contributed by atoms with Crippen LogP contribution in [-0.4, -0.2) is 33.8 Å². The molecule has 0 bridgehead atoms. The average molecular weight is 277 g/mol. The van der Waals surface area contributed by atoms with Crippen LogP contribution in [0.15, 0.2) is 10.6 Å². The molecular formula is C14H19N3O3. The molecule has 2 N–H and O–H groups in total. The molecule has 0 saturated heterocycles. The standard InChI is InChI=1S/C14H19N3O3/c1-8(5-4-6-18)15-13(19)11-7-9(2)16-14-12(11)10(3)17-20-14/h7-8,18H,4-6H2,1-3H3,(H,15,19). The van der Waals surface area contributed by atoms with E-state index in [4.69, 9.17) is 9.63 Å². The topological polar surface area (TPSA) is 88.2 Å². The minimum Gasteiger partial charge on any atom is -0.396 e. The van der Waals surface area contributed by atoms with Gasteiger partial charge in [-0.3, -0.25) is 4.79 Å². The number of nitrogens with zero attached hydrogens (tertiary/aromatic N) is 2. The second-order valence-electron chi connectivity index (χ2n) is 5.00. The molecule has 20 heavy (non-hydrogen) atoms. The summed E-state index contributed by atoms with van der Waals surface area (Å²) in [6.07, 6.45) is 1.40. The lowest BCUT2D eigenvalue weighted by Gasteiger charge is -2.13. The van der Waals surface area contributed by atoms with Gasteiger partial charge in [-0.15, -0.1) is 0 Å². The minimum atomic E-state index is -0.169. The van der Waals surface area contributed by atoms with Crippen LogP contribution in [-0.2, 0) is 0 Å². The Morgan fingerprint density at radius 1 is 1.50 bits per heavy atom. The highest BCUT2D eigenvalue weighted by molar-refractivity contribution is 6.06. The van der Waals surface area contributed by atoms with Gasteiger partial charge < -0.3 is 14.9 Å². The molecule has 0 fully saturated rings. The number of pyridine rings is 1. The Bertz CT molecular complexity index is 621. The van der Waals surface area contributed by atoms with Gasteiger partial charge in [-0.05, 0) is 39.7 Å². The van der Waals surface area contributed by atoms with Crippen LogP contribution in [0.5, 0.6) is 0 Å². The Kier molecular flexibility index (Phi) is 4.34. The van der Waals surface area contributed by atoms with Gasteiger partial charge in [0.15, 0.2) is 0 Å². The number of aliphatic hydroxyl groups is 1. The van der Waals surface area contributed by atoms with Crippen molar-refractivity contribution in [3.8, 4) is 0 Å². The largest absolute Gasteiger partial charge is 0.396 e. The molecule has 1 unspecified atom stereocenters. The first-order valence-corrected chi connectivity index (χ1v) is 6.68. The van der Waals surface area contributed by atoms with E-state index in [0.29, 0.717) is 34.5 Å². The Morgan fingerprint density at radius 3 is 2.95 bits per heavy atom. The van der Waals surface area contributed by atoms with Gasteiger partial charge >= 0.3 is 0 Å². The quantitative estimate of drug-likeness (QED) is 0.869. The first-order valence-electron chi connectivity index (χ1n) is 6.68. The lowest BCUT2D eigenvalue weighted by Crippen LogP contribution is -2.32. The fourth-order valence-electron chi connectivity index (χ4n) is 2.17. The van der Waals surface area contributed by atoms with Crippen molar-refractivity contribution in [1.82, 2.24) is 15.5 Å². The highest BCUT2D eigenvalue weighted by Gasteiger charge is 2.18. The van der Waals surface area contributed by atoms with E-state index >= 15 is 0 Å². The Hall–Kier alpha value is -1.95. The van der Waals surface area contributed by atoms with Crippen LogP contribution in [0.4, 0.5) is 0 Å². The first-order chi connectivity index (χ1) is 9.52. The molecule has 6 heteroatoms. The van der Waals surface area contributed by atoms with Crippen LogP contribution in [0.25, 0.3) is 11.1 Å². The van der Waals surface area contributed by atoms with Crippen LogP contribution in [0.2, 0.25) is 0 Å². The summed E-state index contributed by atoms with van der Waals surface area (Å²) in [6, 6.07) is 1.74. The zero-order valence-corrected chi connectivity index (χ0v) is 11.9. The normalized spacial score (nSPS) is 12.6. The number of carbonyl (C=O) groups is 1. The molecule has 0 saturated carbocycles. The van der Waals surface area contributed by atoms with Crippen molar-refractivity contribution in [2.45, 2.75) is 39.7 Å². The van der Waals surface area contributed by atoms with Crippen LogP contribution in [0.1, 0.15) is 41.5 Å². The van der Waals surface area contributed by atoms with Gasteiger partial charge in [-0.25, -0.2) is 4.98 Å². The van der Waals surface area contributed by atoms with Gasteiger partial charge in [0.1, 0.15) is 0 Å². The van der Waals surface area contributed by atoms with Crippen molar-refractivity contribution >= 4 is 17.0 Å². The van der Waals surface area contributed by atoms with E-state index < -0.39 is 0 Å². The van der Waals surface area contributed by atoms with Crippen molar-refractivity contribution < 1.29 is 14.4 Å². The van der Waals surface area contributed by atoms with Gasteiger partial charge in [-0.1, -0.05) is 5.16 Å². The monoisotopic (exact) mass is 277 g/mol. The third kappa shape index (κ3) is 2.96. The van der Waals surface area contributed by atoms with E-state index in [0.717, 1.165) is 6.42 Å². The number of rotatable bonds is 5. The Balaban J connectivity index is 2.27. The molecule has 1 atom stereocenters. The van der Waals surface area contributed by atoms with Crippen molar-refractivity contribution in [1.29, 1.82) is 0 Å². The highest BCUT2D eigenvalue weighted by Crippen LogP contribution is 2.21. The molecule has 0 aromatic carbocycles. The molecule has 2 heterocycles. The Morgan fingerprint density at radius 2 is 2.25 bits per heavy atom. The molecule has 0 aliphatic carbocycles. The van der Waals surface area contributed by atoms with Crippen LogP contribution in [0.3, 0.4) is 0 Å². The molecule has 0 spiro atoms. The molecule has 0 radical (unpaired) electrons. The summed E-state index contributed by atoms with van der Waals surface area (Å²) in [7, 11) is 0. The third-order valence-corrected chi connectivity index (χ3v) is 3.16. The molecular weight excluding hydrogens is 258 g/mol. The zero-order valence-electron chi connectivity index (χ0n) is 11.9. The number of nitrogens with one attached hydrogen (secondary N) is 1. The summed E-state index contributed by atoms with van der Waals surface area (Å²) >= 11 is 0. The minimum absolute atomic E-state index is 0.00154. The van der Waals surface area contributed by atoms with Crippen molar-refractivity contribution in [3.63, 3.8) is 0 Å². The van der Waals surface area contributed by atoms with Crippen molar-refractivity contribution in [2.75, 3.05) is 6.61 Å². The van der Waals surface area contributed by atoms with Crippen LogP contribution < -0.4 is 5.32 Å². The molecule has 0 aliphatic heterocycles. The van der Waals surface area contributed by atoms with Crippen LogP contribution in [0, 0.1) is 13.8 Å². The maximum atomic E-state index is 12.4. The number of aromatic nitrogens is 2. The first kappa shape index (κ1) is 14.5. The van der Waals surface area contributed by atoms with Crippen molar-refractivity contribution in [2.24, 2.45) is 0 Å². The predicted octanol–water partition coefficient (Wildman–Crippen LogP) is 1.73. The summed E-state index contributed by atoms with van der Waals surface area (Å²) in [6.45, 7) is 5.64. The number of amides is 1. The van der Waals surface area contributed by atoms with Gasteiger partial charge in [0.05, 0.1) is 16.6 Å². The van der Waals surface area contributed by atoms with E-state index in [1.807, 2.05) is 13.8 Å². The molecule has 1 amide bonds. The molecule has 2 rings (SSSR count). The predicted molar refractivity (Wildman–Crippen MR) is 74.5 cm³/mol. The van der Waals surface area contributed by atoms with E-state index in [9.17, 15) is 4.79 Å². The number of aryl methyl sites for hydroxylation is 2. The van der Waals surface area contributed by atoms with E-state index in [1.165, 1.54) is 0 Å². The SMILES string of the molecule is Cc1cc(C(=O)NC(C)CCCO)c2c(C)noc2n1. The fraction of sp³-hybridized carbons (Fsp3) is 0.500. The zero-order chi connectivity index (χ0) is 14.7. The number of fused-ring (bicyclic) bond motifs is 1. The second-order valence-corrected chi connectivity index (χ2v) is 5.00. The maximum absolute atomic E-state index is 12.4. The van der Waals surface area contributed by atoms with Gasteiger partial charge in [0.25, 0.3) is 11.6 Å². The molecule has 2 aromatic rings. The highest BCUT2D eigenvalue weighted by atomic mass is 16.5. The number of aliphatic hydroxyl groups excluding tert-OH is 1. The molecule has 6 nitrogen and oxygen atoms in total. The van der Waals surface area contributed by atoms with Crippen LogP contribution >= 0.6 is 0 Å². The van der Waals surface area contributed by atoms with E-state index in [1.54, 1.807) is 13.0 Å². The third-order valence-electron chi connectivity index (χ3n) is 3.16. The summed E-state index contributed by atoms with van der Waals surface area (Å²) in [5.41, 5.74) is 2.28. The fourth-order valence-corrected chi connectivity index (χ4v) is 2.17. The number of carbonyl (C=O) groups excluding carboxylic acids is 1. The smallest absolute Gasteiger partial charge is 0.258 e. The summed E-state index contributed by atoms with van der Waals surface area (Å²) in [5, 5.41) is 16.2. The lowest BCUT2D eigenvalue weighted by atomic mass is 10.1. The number of hydrogen-bond donors (Lipinski definition) is 2. The summed E-state index contributed by atoms with van der Waals surface area (Å²) in [5.74, 6) is -0.169. The molecule has 0 aliphatic rings. The van der Waals surface area contributed by atoms with Gasteiger partial charge in [0, 0.05) is 18.3 Å². The summed E-state index contributed by atoms with van der Waals surface area (Å²) < 4.78 is 5.12. The molecule has 2 aromatic heterocycles. The molecule has 108 valence electrons. The van der Waals surface area contributed by atoms with Gasteiger partial charge in [0.2, 0.25) is 0 Å². The second kappa shape index (κ2) is 6.00.